The van der Waals surface area contributed by atoms with Gasteiger partial charge in [0.05, 0.1) is 11.7 Å². The normalized spacial score (nSPS) is 47.0. The Kier molecular flexibility index (Phi) is 6.90. The van der Waals surface area contributed by atoms with Gasteiger partial charge in [0.25, 0.3) is 0 Å². The first-order valence-corrected chi connectivity index (χ1v) is 13.9. The first kappa shape index (κ1) is 26.9. The summed E-state index contributed by atoms with van der Waals surface area (Å²) in [6.07, 6.45) is 9.85. The maximum atomic E-state index is 12.4. The van der Waals surface area contributed by atoms with Crippen molar-refractivity contribution in [3.05, 3.63) is 23.8 Å². The molecule has 4 aliphatic carbocycles. The molecule has 5 nitrogen and oxygen atoms in total. The molecule has 5 heteroatoms. The quantitative estimate of drug-likeness (QED) is 0.367. The molecule has 3 fully saturated rings. The minimum atomic E-state index is -1.50. The van der Waals surface area contributed by atoms with E-state index in [0.717, 1.165) is 24.8 Å². The van der Waals surface area contributed by atoms with E-state index in [1.807, 2.05) is 13.0 Å². The molecule has 0 bridgehead atoms. The minimum absolute atomic E-state index is 0.0453. The lowest BCUT2D eigenvalue weighted by Crippen LogP contribution is -2.73. The zero-order chi connectivity index (χ0) is 26.0. The Hall–Kier alpha value is -1.17. The zero-order valence-electron chi connectivity index (χ0n) is 22.9. The van der Waals surface area contributed by atoms with E-state index in [4.69, 9.17) is 4.74 Å². The monoisotopic (exact) mass is 488 g/mol. The van der Waals surface area contributed by atoms with Gasteiger partial charge in [0, 0.05) is 18.8 Å². The highest BCUT2D eigenvalue weighted by molar-refractivity contribution is 5.66. The van der Waals surface area contributed by atoms with Crippen LogP contribution in [0.15, 0.2) is 23.8 Å². The number of fused-ring (bicyclic) bond motifs is 5. The van der Waals surface area contributed by atoms with Crippen LogP contribution in [0.4, 0.5) is 0 Å². The summed E-state index contributed by atoms with van der Waals surface area (Å²) in [7, 11) is 0. The Morgan fingerprint density at radius 3 is 2.37 bits per heavy atom. The fourth-order valence-electron chi connectivity index (χ4n) is 8.40. The second-order valence-corrected chi connectivity index (χ2v) is 13.3. The Morgan fingerprint density at radius 2 is 1.74 bits per heavy atom. The molecule has 4 aliphatic rings. The number of aliphatic hydroxyl groups is 3. The van der Waals surface area contributed by atoms with E-state index in [-0.39, 0.29) is 17.8 Å². The summed E-state index contributed by atoms with van der Waals surface area (Å²) in [5.41, 5.74) is -2.54. The summed E-state index contributed by atoms with van der Waals surface area (Å²) >= 11 is 0. The molecule has 3 N–H and O–H groups in total. The van der Waals surface area contributed by atoms with E-state index in [9.17, 15) is 20.1 Å². The van der Waals surface area contributed by atoms with Gasteiger partial charge in [-0.05, 0) is 85.2 Å². The number of hydrogen-bond donors (Lipinski definition) is 3. The number of aliphatic hydroxyl groups excluding tert-OH is 1. The predicted molar refractivity (Wildman–Crippen MR) is 137 cm³/mol. The molecule has 0 heterocycles. The van der Waals surface area contributed by atoms with Crippen molar-refractivity contribution in [2.45, 2.75) is 117 Å². The summed E-state index contributed by atoms with van der Waals surface area (Å²) < 4.78 is 5.72. The highest BCUT2D eigenvalue weighted by Crippen LogP contribution is 2.69. The van der Waals surface area contributed by atoms with Crippen LogP contribution in [0.5, 0.6) is 0 Å². The predicted octanol–water partition coefficient (Wildman–Crippen LogP) is 5.18. The third kappa shape index (κ3) is 3.95. The van der Waals surface area contributed by atoms with E-state index in [2.05, 4.69) is 46.8 Å². The number of esters is 1. The van der Waals surface area contributed by atoms with Gasteiger partial charge in [0.2, 0.25) is 0 Å². The SMILES string of the molecule is CC(=O)O[C@@H]1C=C2[C@@H]3CC[C@H]([C@H](C)/C=C/[C@H](C)C(C)C)[C@@]3(C)CC[C@]2(O)[C@@]2(C)CC[C@H](O)C[C@]12O. The molecule has 0 saturated heterocycles. The molecular formula is C30H48O5. The number of carbonyl (C=O) groups excluding carboxylic acids is 1. The maximum absolute atomic E-state index is 12.4. The third-order valence-electron chi connectivity index (χ3n) is 11.2. The summed E-state index contributed by atoms with van der Waals surface area (Å²) in [6, 6.07) is 0. The molecule has 0 amide bonds. The van der Waals surface area contributed by atoms with Crippen molar-refractivity contribution in [2.75, 3.05) is 0 Å². The molecule has 0 aromatic heterocycles. The third-order valence-corrected chi connectivity index (χ3v) is 11.2. The van der Waals surface area contributed by atoms with Gasteiger partial charge in [0.15, 0.2) is 0 Å². The van der Waals surface area contributed by atoms with E-state index in [0.29, 0.717) is 42.9 Å². The molecule has 0 aromatic rings. The van der Waals surface area contributed by atoms with E-state index < -0.39 is 34.8 Å². The zero-order valence-corrected chi connectivity index (χ0v) is 22.9. The molecule has 4 rings (SSSR count). The first-order chi connectivity index (χ1) is 16.2. The van der Waals surface area contributed by atoms with Crippen LogP contribution < -0.4 is 0 Å². The molecule has 0 aliphatic heterocycles. The molecule has 198 valence electrons. The maximum Gasteiger partial charge on any atom is 0.303 e. The Balaban J connectivity index is 1.72. The number of allylic oxidation sites excluding steroid dienone is 2. The van der Waals surface area contributed by atoms with E-state index >= 15 is 0 Å². The molecule has 0 spiro atoms. The van der Waals surface area contributed by atoms with Gasteiger partial charge in [0.1, 0.15) is 11.7 Å². The van der Waals surface area contributed by atoms with Crippen LogP contribution in [0, 0.1) is 40.4 Å². The van der Waals surface area contributed by atoms with Crippen LogP contribution in [0.25, 0.3) is 0 Å². The van der Waals surface area contributed by atoms with E-state index in [1.165, 1.54) is 6.92 Å². The fourth-order valence-corrected chi connectivity index (χ4v) is 8.40. The van der Waals surface area contributed by atoms with Crippen molar-refractivity contribution in [1.29, 1.82) is 0 Å². The lowest BCUT2D eigenvalue weighted by atomic mass is 9.43. The van der Waals surface area contributed by atoms with Crippen molar-refractivity contribution in [1.82, 2.24) is 0 Å². The van der Waals surface area contributed by atoms with Gasteiger partial charge >= 0.3 is 5.97 Å². The summed E-state index contributed by atoms with van der Waals surface area (Å²) in [5, 5.41) is 34.9. The molecular weight excluding hydrogens is 440 g/mol. The van der Waals surface area contributed by atoms with Gasteiger partial charge in [-0.25, -0.2) is 0 Å². The fraction of sp³-hybridized carbons (Fsp3) is 0.833. The second-order valence-electron chi connectivity index (χ2n) is 13.3. The van der Waals surface area contributed by atoms with Crippen LogP contribution in [0.2, 0.25) is 0 Å². The van der Waals surface area contributed by atoms with Crippen LogP contribution in [-0.4, -0.2) is 44.7 Å². The first-order valence-electron chi connectivity index (χ1n) is 13.9. The van der Waals surface area contributed by atoms with Crippen LogP contribution in [-0.2, 0) is 9.53 Å². The highest BCUT2D eigenvalue weighted by Gasteiger charge is 2.71. The topological polar surface area (TPSA) is 87.0 Å². The van der Waals surface area contributed by atoms with Crippen LogP contribution >= 0.6 is 0 Å². The summed E-state index contributed by atoms with van der Waals surface area (Å²) in [5.74, 6) is 1.87. The number of hydrogen-bond acceptors (Lipinski definition) is 5. The number of ether oxygens (including phenoxy) is 1. The van der Waals surface area contributed by atoms with Gasteiger partial charge in [-0.2, -0.15) is 0 Å². The summed E-state index contributed by atoms with van der Waals surface area (Å²) in [4.78, 5) is 12.1. The van der Waals surface area contributed by atoms with Crippen molar-refractivity contribution < 1.29 is 24.9 Å². The lowest BCUT2D eigenvalue weighted by molar-refractivity contribution is -0.262. The van der Waals surface area contributed by atoms with Crippen molar-refractivity contribution >= 4 is 5.97 Å². The van der Waals surface area contributed by atoms with Crippen molar-refractivity contribution in [3.63, 3.8) is 0 Å². The molecule has 10 atom stereocenters. The Morgan fingerprint density at radius 1 is 1.06 bits per heavy atom. The van der Waals surface area contributed by atoms with Gasteiger partial charge in [-0.1, -0.05) is 53.7 Å². The number of carbonyl (C=O) groups is 1. The number of rotatable bonds is 5. The van der Waals surface area contributed by atoms with Gasteiger partial charge in [-0.15, -0.1) is 0 Å². The standard InChI is InChI=1S/C30H48O5/c1-18(2)19(3)8-9-20(4)23-10-11-24-25-16-26(35-21(5)31)30(34)17-22(32)12-13-28(30,7)29(25,33)15-14-27(23,24)6/h8-9,16,18-20,22-24,26,32-34H,10-15,17H2,1-7H3/b9-8+/t19-,20+,22-,23+,24-,26+,27+,28+,29+,30-/m0/s1. The molecule has 3 saturated carbocycles. The minimum Gasteiger partial charge on any atom is -0.455 e. The lowest BCUT2D eigenvalue weighted by Gasteiger charge is -2.65. The Labute approximate surface area is 212 Å². The average Bonchev–Trinajstić information content (AvgIpc) is 3.12. The van der Waals surface area contributed by atoms with Crippen molar-refractivity contribution in [2.24, 2.45) is 40.4 Å². The molecule has 0 unspecified atom stereocenters. The van der Waals surface area contributed by atoms with E-state index in [1.54, 1.807) is 0 Å². The molecule has 0 radical (unpaired) electrons. The molecule has 0 aromatic carbocycles. The smallest absolute Gasteiger partial charge is 0.303 e. The van der Waals surface area contributed by atoms with Crippen molar-refractivity contribution in [3.8, 4) is 0 Å². The highest BCUT2D eigenvalue weighted by atomic mass is 16.6. The Bertz CT molecular complexity index is 893. The largest absolute Gasteiger partial charge is 0.455 e. The van der Waals surface area contributed by atoms with Crippen LogP contribution in [0.3, 0.4) is 0 Å². The van der Waals surface area contributed by atoms with Gasteiger partial charge < -0.3 is 20.1 Å². The van der Waals surface area contributed by atoms with Crippen LogP contribution in [0.1, 0.15) is 93.4 Å². The average molecular weight is 489 g/mol. The summed E-state index contributed by atoms with van der Waals surface area (Å²) in [6.45, 7) is 14.8. The second kappa shape index (κ2) is 8.99. The van der Waals surface area contributed by atoms with Gasteiger partial charge in [-0.3, -0.25) is 4.79 Å². The molecule has 35 heavy (non-hydrogen) atoms.